The van der Waals surface area contributed by atoms with Crippen LogP contribution in [0.25, 0.3) is 0 Å². The third kappa shape index (κ3) is 3.71. The van der Waals surface area contributed by atoms with Gasteiger partial charge in [-0.25, -0.2) is 0 Å². The van der Waals surface area contributed by atoms with Gasteiger partial charge >= 0.3 is 0 Å². The van der Waals surface area contributed by atoms with E-state index in [9.17, 15) is 15.3 Å². The highest BCUT2D eigenvalue weighted by Gasteiger charge is 2.59. The second-order valence-corrected chi connectivity index (χ2v) is 12.6. The van der Waals surface area contributed by atoms with Crippen molar-refractivity contribution in [1.82, 2.24) is 0 Å². The number of hydrogen-bond acceptors (Lipinski definition) is 3. The third-order valence-electron chi connectivity index (χ3n) is 10.5. The average Bonchev–Trinajstić information content (AvgIpc) is 3.03. The predicted octanol–water partition coefficient (Wildman–Crippen LogP) is 5.47. The van der Waals surface area contributed by atoms with Gasteiger partial charge in [-0.3, -0.25) is 0 Å². The number of aliphatic hydroxyl groups excluding tert-OH is 2. The van der Waals surface area contributed by atoms with Gasteiger partial charge in [0.05, 0.1) is 17.8 Å². The van der Waals surface area contributed by atoms with Crippen LogP contribution in [0.1, 0.15) is 98.8 Å². The van der Waals surface area contributed by atoms with Crippen molar-refractivity contribution in [2.45, 2.75) is 117 Å². The lowest BCUT2D eigenvalue weighted by Crippen LogP contribution is -2.50. The van der Waals surface area contributed by atoms with Crippen molar-refractivity contribution in [3.05, 3.63) is 11.6 Å². The Morgan fingerprint density at radius 2 is 1.80 bits per heavy atom. The van der Waals surface area contributed by atoms with Gasteiger partial charge in [0.1, 0.15) is 0 Å². The second-order valence-electron chi connectivity index (χ2n) is 12.6. The monoisotopic (exact) mass is 418 g/mol. The first-order valence-electron chi connectivity index (χ1n) is 12.7. The molecule has 9 atom stereocenters. The van der Waals surface area contributed by atoms with Gasteiger partial charge < -0.3 is 15.3 Å². The largest absolute Gasteiger partial charge is 0.393 e. The first-order valence-corrected chi connectivity index (χ1v) is 12.7. The highest BCUT2D eigenvalue weighted by molar-refractivity contribution is 5.25. The van der Waals surface area contributed by atoms with E-state index in [1.165, 1.54) is 38.5 Å². The fourth-order valence-corrected chi connectivity index (χ4v) is 8.59. The molecular formula is C27H46O3. The summed E-state index contributed by atoms with van der Waals surface area (Å²) in [4.78, 5) is 0. The topological polar surface area (TPSA) is 60.7 Å². The fourth-order valence-electron chi connectivity index (χ4n) is 8.59. The molecule has 3 saturated carbocycles. The van der Waals surface area contributed by atoms with Crippen LogP contribution in [0.15, 0.2) is 11.6 Å². The van der Waals surface area contributed by atoms with Crippen molar-refractivity contribution in [2.75, 3.05) is 0 Å². The van der Waals surface area contributed by atoms with E-state index in [0.717, 1.165) is 42.9 Å². The molecule has 0 aromatic rings. The van der Waals surface area contributed by atoms with Crippen molar-refractivity contribution < 1.29 is 15.3 Å². The molecule has 3 heteroatoms. The standard InChI is InChI=1S/C27H46O3/c1-17(6-11-24(29)25(2,3)30)21-9-10-22-20-8-7-18-16-19(28)12-14-26(18,4)23(20)13-15-27(21,22)5/h7,17,19-24,28-30H,6,8-16H2,1-5H3/t17-,19+,20+,21-,22+,23+,24-,26+,27-/m1/s1. The molecule has 3 nitrogen and oxygen atoms in total. The zero-order valence-corrected chi connectivity index (χ0v) is 20.0. The van der Waals surface area contributed by atoms with Crippen LogP contribution in [0.2, 0.25) is 0 Å². The Balaban J connectivity index is 1.47. The zero-order valence-electron chi connectivity index (χ0n) is 20.0. The summed E-state index contributed by atoms with van der Waals surface area (Å²) >= 11 is 0. The van der Waals surface area contributed by atoms with Crippen molar-refractivity contribution in [2.24, 2.45) is 40.4 Å². The molecule has 0 radical (unpaired) electrons. The molecule has 0 aromatic heterocycles. The van der Waals surface area contributed by atoms with E-state index in [-0.39, 0.29) is 6.10 Å². The van der Waals surface area contributed by atoms with Gasteiger partial charge in [-0.15, -0.1) is 0 Å². The maximum absolute atomic E-state index is 10.3. The van der Waals surface area contributed by atoms with Crippen LogP contribution in [0.4, 0.5) is 0 Å². The Labute approximate surface area is 184 Å². The van der Waals surface area contributed by atoms with Crippen molar-refractivity contribution in [1.29, 1.82) is 0 Å². The highest BCUT2D eigenvalue weighted by atomic mass is 16.3. The molecule has 0 spiro atoms. The number of fused-ring (bicyclic) bond motifs is 5. The predicted molar refractivity (Wildman–Crippen MR) is 122 cm³/mol. The van der Waals surface area contributed by atoms with E-state index >= 15 is 0 Å². The SMILES string of the molecule is C[C@H](CC[C@@H](O)C(C)(C)O)[C@H]1CC[C@H]2[C@@H]3CC=C4C[C@@H](O)CC[C@]4(C)[C@H]3CC[C@]12C. The quantitative estimate of drug-likeness (QED) is 0.519. The Morgan fingerprint density at radius 1 is 1.07 bits per heavy atom. The minimum Gasteiger partial charge on any atom is -0.393 e. The molecule has 172 valence electrons. The smallest absolute Gasteiger partial charge is 0.0849 e. The summed E-state index contributed by atoms with van der Waals surface area (Å²) in [6.07, 6.45) is 13.1. The zero-order chi connectivity index (χ0) is 21.9. The van der Waals surface area contributed by atoms with E-state index in [2.05, 4.69) is 26.8 Å². The van der Waals surface area contributed by atoms with Crippen LogP contribution in [-0.2, 0) is 0 Å². The Kier molecular flexibility index (Phi) is 5.99. The molecule has 0 aliphatic heterocycles. The number of rotatable bonds is 5. The minimum absolute atomic E-state index is 0.120. The summed E-state index contributed by atoms with van der Waals surface area (Å²) in [5, 5.41) is 30.6. The maximum Gasteiger partial charge on any atom is 0.0849 e. The van der Waals surface area contributed by atoms with Crippen LogP contribution < -0.4 is 0 Å². The molecule has 0 amide bonds. The van der Waals surface area contributed by atoms with Crippen LogP contribution in [0.5, 0.6) is 0 Å². The molecular weight excluding hydrogens is 372 g/mol. The Bertz CT molecular complexity index is 664. The lowest BCUT2D eigenvalue weighted by atomic mass is 9.47. The normalized spacial score (nSPS) is 45.7. The summed E-state index contributed by atoms with van der Waals surface area (Å²) in [5.41, 5.74) is 1.31. The second kappa shape index (κ2) is 7.89. The van der Waals surface area contributed by atoms with E-state index in [4.69, 9.17) is 0 Å². The molecule has 30 heavy (non-hydrogen) atoms. The molecule has 0 heterocycles. The molecule has 0 saturated heterocycles. The molecule has 4 rings (SSSR count). The molecule has 3 N–H and O–H groups in total. The average molecular weight is 419 g/mol. The summed E-state index contributed by atoms with van der Waals surface area (Å²) < 4.78 is 0. The van der Waals surface area contributed by atoms with E-state index in [1.807, 2.05) is 0 Å². The molecule has 0 unspecified atom stereocenters. The lowest BCUT2D eigenvalue weighted by Gasteiger charge is -2.58. The number of hydrogen-bond donors (Lipinski definition) is 3. The van der Waals surface area contributed by atoms with Crippen LogP contribution in [0, 0.1) is 40.4 Å². The molecule has 3 fully saturated rings. The fraction of sp³-hybridized carbons (Fsp3) is 0.926. The van der Waals surface area contributed by atoms with Gasteiger partial charge in [-0.1, -0.05) is 32.4 Å². The van der Waals surface area contributed by atoms with Gasteiger partial charge in [-0.05, 0) is 118 Å². The minimum atomic E-state index is -1.00. The maximum atomic E-state index is 10.3. The van der Waals surface area contributed by atoms with Gasteiger partial charge in [-0.2, -0.15) is 0 Å². The molecule has 0 bridgehead atoms. The summed E-state index contributed by atoms with van der Waals surface area (Å²) in [6, 6.07) is 0. The number of allylic oxidation sites excluding steroid dienone is 1. The Hall–Kier alpha value is -0.380. The van der Waals surface area contributed by atoms with Crippen molar-refractivity contribution >= 4 is 0 Å². The Morgan fingerprint density at radius 3 is 2.50 bits per heavy atom. The first-order chi connectivity index (χ1) is 14.0. The lowest BCUT2D eigenvalue weighted by molar-refractivity contribution is -0.0656. The van der Waals surface area contributed by atoms with Gasteiger partial charge in [0, 0.05) is 0 Å². The van der Waals surface area contributed by atoms with E-state index < -0.39 is 11.7 Å². The third-order valence-corrected chi connectivity index (χ3v) is 10.5. The van der Waals surface area contributed by atoms with E-state index in [1.54, 1.807) is 19.4 Å². The molecule has 4 aliphatic carbocycles. The van der Waals surface area contributed by atoms with Crippen molar-refractivity contribution in [3.63, 3.8) is 0 Å². The van der Waals surface area contributed by atoms with E-state index in [0.29, 0.717) is 23.2 Å². The summed E-state index contributed by atoms with van der Waals surface area (Å²) in [7, 11) is 0. The molecule has 4 aliphatic rings. The van der Waals surface area contributed by atoms with Gasteiger partial charge in [0.15, 0.2) is 0 Å². The van der Waals surface area contributed by atoms with Crippen LogP contribution in [0.3, 0.4) is 0 Å². The number of aliphatic hydroxyl groups is 3. The highest BCUT2D eigenvalue weighted by Crippen LogP contribution is 2.67. The van der Waals surface area contributed by atoms with Crippen molar-refractivity contribution in [3.8, 4) is 0 Å². The van der Waals surface area contributed by atoms with Gasteiger partial charge in [0.2, 0.25) is 0 Å². The first kappa shape index (κ1) is 22.8. The van der Waals surface area contributed by atoms with Crippen LogP contribution >= 0.6 is 0 Å². The van der Waals surface area contributed by atoms with Crippen LogP contribution in [-0.4, -0.2) is 33.1 Å². The summed E-state index contributed by atoms with van der Waals surface area (Å²) in [6.45, 7) is 10.9. The summed E-state index contributed by atoms with van der Waals surface area (Å²) in [5.74, 6) is 3.78. The van der Waals surface area contributed by atoms with Gasteiger partial charge in [0.25, 0.3) is 0 Å². The molecule has 0 aromatic carbocycles.